The first-order valence-electron chi connectivity index (χ1n) is 6.59. The Kier molecular flexibility index (Phi) is 4.95. The summed E-state index contributed by atoms with van der Waals surface area (Å²) < 4.78 is 5.19. The number of morpholine rings is 1. The van der Waals surface area contributed by atoms with Crippen LogP contribution in [0.2, 0.25) is 0 Å². The van der Waals surface area contributed by atoms with Crippen LogP contribution in [-0.4, -0.2) is 48.3 Å². The number of anilines is 1. The molecule has 0 aromatic heterocycles. The molecule has 1 fully saturated rings. The molecule has 6 heteroatoms. The number of nitrogens with one attached hydrogen (secondary N) is 1. The van der Waals surface area contributed by atoms with Crippen LogP contribution < -0.4 is 5.32 Å². The maximum absolute atomic E-state index is 11.9. The van der Waals surface area contributed by atoms with Crippen molar-refractivity contribution in [3.63, 3.8) is 0 Å². The van der Waals surface area contributed by atoms with Gasteiger partial charge in [0.15, 0.2) is 0 Å². The monoisotopic (exact) mass is 278 g/mol. The highest BCUT2D eigenvalue weighted by molar-refractivity contribution is 5.89. The molecule has 0 atom stereocenters. The molecule has 0 unspecified atom stereocenters. The molecule has 0 saturated carbocycles. The Morgan fingerprint density at radius 3 is 2.45 bits per heavy atom. The fourth-order valence-corrected chi connectivity index (χ4v) is 1.97. The Morgan fingerprint density at radius 2 is 1.85 bits per heavy atom. The van der Waals surface area contributed by atoms with Crippen molar-refractivity contribution in [1.82, 2.24) is 4.90 Å². The van der Waals surface area contributed by atoms with E-state index >= 15 is 0 Å². The maximum Gasteiger partial charge on any atom is 0.321 e. The number of carboxylic acids is 1. The second-order valence-corrected chi connectivity index (χ2v) is 4.62. The fraction of sp³-hybridized carbons (Fsp3) is 0.429. The third-order valence-corrected chi connectivity index (χ3v) is 3.13. The number of aliphatic carboxylic acids is 1. The second-order valence-electron chi connectivity index (χ2n) is 4.62. The topological polar surface area (TPSA) is 78.9 Å². The molecule has 0 bridgehead atoms. The lowest BCUT2D eigenvalue weighted by molar-refractivity contribution is -0.136. The number of urea groups is 1. The molecular weight excluding hydrogens is 260 g/mol. The molecule has 1 aromatic carbocycles. The van der Waals surface area contributed by atoms with Crippen molar-refractivity contribution >= 4 is 17.7 Å². The summed E-state index contributed by atoms with van der Waals surface area (Å²) in [4.78, 5) is 24.1. The zero-order chi connectivity index (χ0) is 14.4. The third-order valence-electron chi connectivity index (χ3n) is 3.13. The summed E-state index contributed by atoms with van der Waals surface area (Å²) >= 11 is 0. The quantitative estimate of drug-likeness (QED) is 0.876. The normalized spacial score (nSPS) is 14.9. The number of aryl methyl sites for hydroxylation is 1. The lowest BCUT2D eigenvalue weighted by Crippen LogP contribution is -2.43. The zero-order valence-corrected chi connectivity index (χ0v) is 11.2. The third kappa shape index (κ3) is 4.24. The standard InChI is InChI=1S/C14H18N2O4/c17-13(18)6-3-11-1-4-12(5-2-11)15-14(19)16-7-9-20-10-8-16/h1-2,4-5H,3,6-10H2,(H,15,19)(H,17,18). The SMILES string of the molecule is O=C(O)CCc1ccc(NC(=O)N2CCOCC2)cc1. The van der Waals surface area contributed by atoms with E-state index in [4.69, 9.17) is 9.84 Å². The van der Waals surface area contributed by atoms with Gasteiger partial charge in [0.05, 0.1) is 13.2 Å². The summed E-state index contributed by atoms with van der Waals surface area (Å²) in [6.07, 6.45) is 0.604. The van der Waals surface area contributed by atoms with Gasteiger partial charge in [-0.2, -0.15) is 0 Å². The predicted molar refractivity (Wildman–Crippen MR) is 73.8 cm³/mol. The Labute approximate surface area is 117 Å². The molecule has 1 aromatic rings. The van der Waals surface area contributed by atoms with Crippen LogP contribution in [-0.2, 0) is 16.0 Å². The van der Waals surface area contributed by atoms with Gasteiger partial charge in [-0.05, 0) is 24.1 Å². The molecule has 2 N–H and O–H groups in total. The van der Waals surface area contributed by atoms with E-state index in [9.17, 15) is 9.59 Å². The Hall–Kier alpha value is -2.08. The average Bonchev–Trinajstić information content (AvgIpc) is 2.47. The van der Waals surface area contributed by atoms with Gasteiger partial charge in [-0.25, -0.2) is 4.79 Å². The molecule has 1 aliphatic heterocycles. The summed E-state index contributed by atoms with van der Waals surface area (Å²) in [6.45, 7) is 2.34. The Balaban J connectivity index is 1.86. The van der Waals surface area contributed by atoms with Crippen molar-refractivity contribution < 1.29 is 19.4 Å². The van der Waals surface area contributed by atoms with Crippen LogP contribution in [0.4, 0.5) is 10.5 Å². The van der Waals surface area contributed by atoms with Crippen LogP contribution in [0.25, 0.3) is 0 Å². The summed E-state index contributed by atoms with van der Waals surface area (Å²) in [5.74, 6) is -0.810. The molecular formula is C14H18N2O4. The number of ether oxygens (including phenoxy) is 1. The summed E-state index contributed by atoms with van der Waals surface area (Å²) in [5.41, 5.74) is 1.65. The number of rotatable bonds is 4. The van der Waals surface area contributed by atoms with E-state index in [0.717, 1.165) is 5.56 Å². The number of hydrogen-bond donors (Lipinski definition) is 2. The van der Waals surface area contributed by atoms with Crippen LogP contribution >= 0.6 is 0 Å². The minimum Gasteiger partial charge on any atom is -0.481 e. The minimum atomic E-state index is -0.810. The number of carboxylic acid groups (broad SMARTS) is 1. The van der Waals surface area contributed by atoms with Gasteiger partial charge < -0.3 is 20.1 Å². The number of nitrogens with zero attached hydrogens (tertiary/aromatic N) is 1. The second kappa shape index (κ2) is 6.91. The zero-order valence-electron chi connectivity index (χ0n) is 11.2. The van der Waals surface area contributed by atoms with Crippen molar-refractivity contribution in [3.05, 3.63) is 29.8 Å². The predicted octanol–water partition coefficient (Wildman–Crippen LogP) is 1.57. The van der Waals surface area contributed by atoms with Crippen LogP contribution in [0.3, 0.4) is 0 Å². The lowest BCUT2D eigenvalue weighted by Gasteiger charge is -2.26. The first-order valence-corrected chi connectivity index (χ1v) is 6.59. The average molecular weight is 278 g/mol. The van der Waals surface area contributed by atoms with Gasteiger partial charge in [-0.15, -0.1) is 0 Å². The highest BCUT2D eigenvalue weighted by Gasteiger charge is 2.16. The molecule has 20 heavy (non-hydrogen) atoms. The van der Waals surface area contributed by atoms with E-state index in [1.807, 2.05) is 12.1 Å². The lowest BCUT2D eigenvalue weighted by atomic mass is 10.1. The number of amides is 2. The van der Waals surface area contributed by atoms with Crippen LogP contribution in [0.15, 0.2) is 24.3 Å². The van der Waals surface area contributed by atoms with Gasteiger partial charge in [0.2, 0.25) is 0 Å². The van der Waals surface area contributed by atoms with E-state index in [0.29, 0.717) is 38.4 Å². The Morgan fingerprint density at radius 1 is 1.20 bits per heavy atom. The van der Waals surface area contributed by atoms with Crippen molar-refractivity contribution in [2.75, 3.05) is 31.6 Å². The van der Waals surface area contributed by atoms with Crippen molar-refractivity contribution in [3.8, 4) is 0 Å². The van der Waals surface area contributed by atoms with Gasteiger partial charge in [0.25, 0.3) is 0 Å². The molecule has 2 rings (SSSR count). The minimum absolute atomic E-state index is 0.111. The van der Waals surface area contributed by atoms with Gasteiger partial charge in [0.1, 0.15) is 0 Å². The van der Waals surface area contributed by atoms with Crippen LogP contribution in [0.1, 0.15) is 12.0 Å². The number of benzene rings is 1. The molecule has 1 saturated heterocycles. The van der Waals surface area contributed by atoms with E-state index in [-0.39, 0.29) is 12.5 Å². The molecule has 2 amide bonds. The molecule has 0 radical (unpaired) electrons. The summed E-state index contributed by atoms with van der Waals surface area (Å²) in [5, 5.41) is 11.4. The summed E-state index contributed by atoms with van der Waals surface area (Å²) in [6, 6.07) is 7.10. The first kappa shape index (κ1) is 14.3. The molecule has 108 valence electrons. The molecule has 1 heterocycles. The van der Waals surface area contributed by atoms with E-state index < -0.39 is 5.97 Å². The van der Waals surface area contributed by atoms with Crippen molar-refractivity contribution in [1.29, 1.82) is 0 Å². The van der Waals surface area contributed by atoms with Gasteiger partial charge in [0, 0.05) is 25.2 Å². The van der Waals surface area contributed by atoms with Gasteiger partial charge in [-0.3, -0.25) is 4.79 Å². The highest BCUT2D eigenvalue weighted by atomic mass is 16.5. The van der Waals surface area contributed by atoms with E-state index in [2.05, 4.69) is 5.32 Å². The number of carbonyl (C=O) groups excluding carboxylic acids is 1. The Bertz CT molecular complexity index is 467. The van der Waals surface area contributed by atoms with Gasteiger partial charge >= 0.3 is 12.0 Å². The largest absolute Gasteiger partial charge is 0.481 e. The highest BCUT2D eigenvalue weighted by Crippen LogP contribution is 2.12. The first-order chi connectivity index (χ1) is 9.65. The smallest absolute Gasteiger partial charge is 0.321 e. The van der Waals surface area contributed by atoms with Crippen LogP contribution in [0.5, 0.6) is 0 Å². The molecule has 1 aliphatic rings. The van der Waals surface area contributed by atoms with E-state index in [1.165, 1.54) is 0 Å². The van der Waals surface area contributed by atoms with E-state index in [1.54, 1.807) is 17.0 Å². The van der Waals surface area contributed by atoms with Crippen molar-refractivity contribution in [2.24, 2.45) is 0 Å². The number of hydrogen-bond acceptors (Lipinski definition) is 3. The fourth-order valence-electron chi connectivity index (χ4n) is 1.97. The molecule has 0 aliphatic carbocycles. The van der Waals surface area contributed by atoms with Crippen LogP contribution in [0, 0.1) is 0 Å². The number of carbonyl (C=O) groups is 2. The molecule has 0 spiro atoms. The summed E-state index contributed by atoms with van der Waals surface area (Å²) in [7, 11) is 0. The maximum atomic E-state index is 11.9. The van der Waals surface area contributed by atoms with Gasteiger partial charge in [-0.1, -0.05) is 12.1 Å². The molecule has 6 nitrogen and oxygen atoms in total. The van der Waals surface area contributed by atoms with Crippen molar-refractivity contribution in [2.45, 2.75) is 12.8 Å².